The van der Waals surface area contributed by atoms with E-state index in [1.165, 1.54) is 17.0 Å². The van der Waals surface area contributed by atoms with E-state index in [-0.39, 0.29) is 50.3 Å². The molecule has 2 aromatic rings. The monoisotopic (exact) mass is 426 g/mol. The molecule has 0 saturated heterocycles. The van der Waals surface area contributed by atoms with Crippen LogP contribution in [0.1, 0.15) is 11.1 Å². The highest BCUT2D eigenvalue weighted by atomic mass is 79.9. The topological polar surface area (TPSA) is 43.8 Å². The van der Waals surface area contributed by atoms with E-state index in [1.807, 2.05) is 0 Å². The Morgan fingerprint density at radius 1 is 1.08 bits per heavy atom. The fourth-order valence-electron chi connectivity index (χ4n) is 2.54. The average Bonchev–Trinajstić information content (AvgIpc) is 2.60. The number of benzene rings is 2. The summed E-state index contributed by atoms with van der Waals surface area (Å²) >= 11 is 3.30. The lowest BCUT2D eigenvalue weighted by Gasteiger charge is -2.25. The van der Waals surface area contributed by atoms with Crippen molar-refractivity contribution in [3.8, 4) is 0 Å². The SMILES string of the molecule is CN(Cc1ccccc1F)C(=O)CN(CCO)Cc1cc(Br)ccc1F. The lowest BCUT2D eigenvalue weighted by Crippen LogP contribution is -2.39. The van der Waals surface area contributed by atoms with Gasteiger partial charge in [-0.1, -0.05) is 34.1 Å². The molecule has 0 heterocycles. The van der Waals surface area contributed by atoms with E-state index in [0.29, 0.717) is 11.1 Å². The van der Waals surface area contributed by atoms with E-state index in [0.717, 1.165) is 4.47 Å². The number of aliphatic hydroxyl groups is 1. The zero-order valence-electron chi connectivity index (χ0n) is 14.5. The van der Waals surface area contributed by atoms with Gasteiger partial charge in [-0.05, 0) is 24.3 Å². The number of amides is 1. The summed E-state index contributed by atoms with van der Waals surface area (Å²) in [5.41, 5.74) is 0.854. The average molecular weight is 427 g/mol. The molecule has 26 heavy (non-hydrogen) atoms. The molecule has 0 fully saturated rings. The maximum Gasteiger partial charge on any atom is 0.236 e. The Kier molecular flexibility index (Phi) is 7.68. The number of carbonyl (C=O) groups excluding carboxylic acids is 1. The van der Waals surface area contributed by atoms with E-state index in [4.69, 9.17) is 0 Å². The predicted octanol–water partition coefficient (Wildman–Crippen LogP) is 3.18. The van der Waals surface area contributed by atoms with Crippen molar-refractivity contribution in [3.63, 3.8) is 0 Å². The first kappa shape index (κ1) is 20.5. The van der Waals surface area contributed by atoms with E-state index >= 15 is 0 Å². The summed E-state index contributed by atoms with van der Waals surface area (Å²) in [5.74, 6) is -0.976. The molecule has 1 N–H and O–H groups in total. The van der Waals surface area contributed by atoms with Crippen LogP contribution in [0.5, 0.6) is 0 Å². The summed E-state index contributed by atoms with van der Waals surface area (Å²) in [6, 6.07) is 10.9. The van der Waals surface area contributed by atoms with Crippen LogP contribution in [0.2, 0.25) is 0 Å². The molecule has 0 atom stereocenters. The van der Waals surface area contributed by atoms with Crippen molar-refractivity contribution >= 4 is 21.8 Å². The molecule has 0 aromatic heterocycles. The number of aliphatic hydroxyl groups excluding tert-OH is 1. The Bertz CT molecular complexity index is 758. The van der Waals surface area contributed by atoms with Crippen LogP contribution in [0.25, 0.3) is 0 Å². The molecule has 0 saturated carbocycles. The van der Waals surface area contributed by atoms with Crippen LogP contribution in [0.4, 0.5) is 8.78 Å². The molecule has 0 unspecified atom stereocenters. The molecule has 1 amide bonds. The lowest BCUT2D eigenvalue weighted by atomic mass is 10.2. The summed E-state index contributed by atoms with van der Waals surface area (Å²) < 4.78 is 28.4. The Hall–Kier alpha value is -1.83. The van der Waals surface area contributed by atoms with Gasteiger partial charge in [0.2, 0.25) is 5.91 Å². The van der Waals surface area contributed by atoms with Crippen LogP contribution >= 0.6 is 15.9 Å². The first-order chi connectivity index (χ1) is 12.4. The number of hydrogen-bond acceptors (Lipinski definition) is 3. The molecule has 2 aromatic carbocycles. The van der Waals surface area contributed by atoms with Gasteiger partial charge in [0.15, 0.2) is 0 Å². The minimum atomic E-state index is -0.372. The maximum absolute atomic E-state index is 14.0. The number of hydrogen-bond donors (Lipinski definition) is 1. The molecule has 140 valence electrons. The van der Waals surface area contributed by atoms with Gasteiger partial charge >= 0.3 is 0 Å². The summed E-state index contributed by atoms with van der Waals surface area (Å²) in [4.78, 5) is 15.5. The Morgan fingerprint density at radius 3 is 2.46 bits per heavy atom. The molecule has 0 aliphatic heterocycles. The molecular formula is C19H21BrF2N2O2. The molecule has 0 spiro atoms. The summed E-state index contributed by atoms with van der Waals surface area (Å²) in [6.07, 6.45) is 0. The standard InChI is InChI=1S/C19H21BrF2N2O2/c1-23(11-14-4-2-3-5-17(14)21)19(26)13-24(8-9-25)12-15-10-16(20)6-7-18(15)22/h2-7,10,25H,8-9,11-13H2,1H3. The molecule has 4 nitrogen and oxygen atoms in total. The maximum atomic E-state index is 14.0. The van der Waals surface area contributed by atoms with Gasteiger partial charge < -0.3 is 10.0 Å². The third-order valence-electron chi connectivity index (χ3n) is 3.97. The zero-order valence-corrected chi connectivity index (χ0v) is 16.0. The quantitative estimate of drug-likeness (QED) is 0.704. The van der Waals surface area contributed by atoms with Crippen molar-refractivity contribution in [2.24, 2.45) is 0 Å². The number of likely N-dealkylation sites (N-methyl/N-ethyl adjacent to an activating group) is 1. The van der Waals surface area contributed by atoms with Crippen LogP contribution < -0.4 is 0 Å². The van der Waals surface area contributed by atoms with Gasteiger partial charge in [-0.25, -0.2) is 8.78 Å². The van der Waals surface area contributed by atoms with Crippen molar-refractivity contribution in [3.05, 3.63) is 69.7 Å². The summed E-state index contributed by atoms with van der Waals surface area (Å²) in [7, 11) is 1.59. The van der Waals surface area contributed by atoms with E-state index < -0.39 is 0 Å². The molecule has 0 aliphatic carbocycles. The van der Waals surface area contributed by atoms with Crippen LogP contribution in [-0.4, -0.2) is 47.6 Å². The second-order valence-electron chi connectivity index (χ2n) is 6.01. The van der Waals surface area contributed by atoms with Gasteiger partial charge in [0.1, 0.15) is 11.6 Å². The highest BCUT2D eigenvalue weighted by Crippen LogP contribution is 2.17. The molecule has 0 aliphatic rings. The Morgan fingerprint density at radius 2 is 1.77 bits per heavy atom. The minimum absolute atomic E-state index is 0.00251. The van der Waals surface area contributed by atoms with Gasteiger partial charge in [0.25, 0.3) is 0 Å². The van der Waals surface area contributed by atoms with E-state index in [9.17, 15) is 18.7 Å². The van der Waals surface area contributed by atoms with Crippen molar-refractivity contribution in [2.45, 2.75) is 13.1 Å². The van der Waals surface area contributed by atoms with Gasteiger partial charge in [0.05, 0.1) is 13.2 Å². The highest BCUT2D eigenvalue weighted by molar-refractivity contribution is 9.10. The fourth-order valence-corrected chi connectivity index (χ4v) is 2.95. The second kappa shape index (κ2) is 9.75. The molecule has 7 heteroatoms. The smallest absolute Gasteiger partial charge is 0.236 e. The molecule has 0 bridgehead atoms. The van der Waals surface area contributed by atoms with Crippen molar-refractivity contribution in [2.75, 3.05) is 26.7 Å². The van der Waals surface area contributed by atoms with Gasteiger partial charge in [0, 0.05) is 42.3 Å². The number of nitrogens with zero attached hydrogens (tertiary/aromatic N) is 2. The van der Waals surface area contributed by atoms with Gasteiger partial charge in [-0.3, -0.25) is 9.69 Å². The second-order valence-corrected chi connectivity index (χ2v) is 6.93. The first-order valence-electron chi connectivity index (χ1n) is 8.15. The van der Waals surface area contributed by atoms with Crippen molar-refractivity contribution in [1.29, 1.82) is 0 Å². The predicted molar refractivity (Wildman–Crippen MR) is 99.3 cm³/mol. The Balaban J connectivity index is 2.02. The zero-order chi connectivity index (χ0) is 19.1. The van der Waals surface area contributed by atoms with Crippen molar-refractivity contribution in [1.82, 2.24) is 9.80 Å². The largest absolute Gasteiger partial charge is 0.395 e. The minimum Gasteiger partial charge on any atom is -0.395 e. The van der Waals surface area contributed by atoms with Crippen LogP contribution in [0.3, 0.4) is 0 Å². The number of halogens is 3. The lowest BCUT2D eigenvalue weighted by molar-refractivity contribution is -0.131. The molecule has 2 rings (SSSR count). The molecular weight excluding hydrogens is 406 g/mol. The normalized spacial score (nSPS) is 11.0. The number of carbonyl (C=O) groups is 1. The van der Waals surface area contributed by atoms with Gasteiger partial charge in [-0.2, -0.15) is 0 Å². The van der Waals surface area contributed by atoms with Crippen LogP contribution in [0.15, 0.2) is 46.9 Å². The summed E-state index contributed by atoms with van der Waals surface area (Å²) in [5, 5.41) is 9.24. The first-order valence-corrected chi connectivity index (χ1v) is 8.94. The number of rotatable bonds is 8. The van der Waals surface area contributed by atoms with Crippen molar-refractivity contribution < 1.29 is 18.7 Å². The fraction of sp³-hybridized carbons (Fsp3) is 0.316. The Labute approximate surface area is 160 Å². The van der Waals surface area contributed by atoms with Crippen LogP contribution in [0, 0.1) is 11.6 Å². The third kappa shape index (κ3) is 5.86. The highest BCUT2D eigenvalue weighted by Gasteiger charge is 2.17. The molecule has 0 radical (unpaired) electrons. The summed E-state index contributed by atoms with van der Waals surface area (Å²) in [6.45, 7) is 0.400. The third-order valence-corrected chi connectivity index (χ3v) is 4.46. The van der Waals surface area contributed by atoms with Crippen LogP contribution in [-0.2, 0) is 17.9 Å². The van der Waals surface area contributed by atoms with E-state index in [2.05, 4.69) is 15.9 Å². The van der Waals surface area contributed by atoms with Gasteiger partial charge in [-0.15, -0.1) is 0 Å². The van der Waals surface area contributed by atoms with E-state index in [1.54, 1.807) is 42.3 Å².